The first-order chi connectivity index (χ1) is 14.6. The zero-order chi connectivity index (χ0) is 23.0. The molecule has 1 aliphatic carbocycles. The molecule has 1 aliphatic heterocycles. The van der Waals surface area contributed by atoms with E-state index in [-0.39, 0.29) is 11.8 Å². The minimum atomic E-state index is -4.82. The first-order valence-corrected chi connectivity index (χ1v) is 12.1. The highest BCUT2D eigenvalue weighted by atomic mass is 31.2. The van der Waals surface area contributed by atoms with Gasteiger partial charge in [-0.2, -0.15) is 0 Å². The van der Waals surface area contributed by atoms with Crippen molar-refractivity contribution in [3.8, 4) is 0 Å². The summed E-state index contributed by atoms with van der Waals surface area (Å²) in [6.07, 6.45) is 4.80. The molecule has 2 amide bonds. The van der Waals surface area contributed by atoms with Gasteiger partial charge in [0.1, 0.15) is 18.3 Å². The number of amides is 2. The molecule has 0 bridgehead atoms. The van der Waals surface area contributed by atoms with Crippen molar-refractivity contribution in [3.05, 3.63) is 12.3 Å². The molecule has 0 aromatic rings. The topological polar surface area (TPSA) is 180 Å². The van der Waals surface area contributed by atoms with E-state index in [1.54, 1.807) is 0 Å². The fourth-order valence-electron chi connectivity index (χ4n) is 3.97. The van der Waals surface area contributed by atoms with E-state index in [0.29, 0.717) is 12.8 Å². The minimum Gasteiger partial charge on any atom is -0.387 e. The van der Waals surface area contributed by atoms with Gasteiger partial charge in [0.25, 0.3) is 0 Å². The van der Waals surface area contributed by atoms with Crippen LogP contribution >= 0.6 is 7.82 Å². The average molecular weight is 464 g/mol. The van der Waals surface area contributed by atoms with E-state index in [9.17, 15) is 24.4 Å². The summed E-state index contributed by atoms with van der Waals surface area (Å²) in [6, 6.07) is 0. The maximum atomic E-state index is 13.3. The van der Waals surface area contributed by atoms with Crippen LogP contribution in [0.2, 0.25) is 0 Å². The quantitative estimate of drug-likeness (QED) is 0.265. The molecule has 1 saturated carbocycles. The molecule has 0 spiro atoms. The molecule has 0 aromatic carbocycles. The average Bonchev–Trinajstić information content (AvgIpc) is 2.98. The van der Waals surface area contributed by atoms with Gasteiger partial charge in [-0.3, -0.25) is 19.0 Å². The Hall–Kier alpha value is -1.33. The van der Waals surface area contributed by atoms with Gasteiger partial charge in [0.2, 0.25) is 11.8 Å². The summed E-state index contributed by atoms with van der Waals surface area (Å²) in [6.45, 7) is -0.690. The molecule has 11 nitrogen and oxygen atoms in total. The number of aliphatic hydroxyl groups is 2. The van der Waals surface area contributed by atoms with Crippen molar-refractivity contribution < 1.29 is 43.4 Å². The molecular formula is C19H33N2O9P. The molecule has 1 saturated heterocycles. The summed E-state index contributed by atoms with van der Waals surface area (Å²) in [5.41, 5.74) is 5.16. The second kappa shape index (κ2) is 12.1. The smallest absolute Gasteiger partial charge is 0.387 e. The number of carbonyl (C=O) groups excluding carboxylic acids is 2. The lowest BCUT2D eigenvalue weighted by molar-refractivity contribution is -0.150. The van der Waals surface area contributed by atoms with Crippen molar-refractivity contribution in [1.29, 1.82) is 0 Å². The number of carbonyl (C=O) groups is 2. The van der Waals surface area contributed by atoms with Crippen LogP contribution in [0, 0.1) is 5.92 Å². The highest BCUT2D eigenvalue weighted by molar-refractivity contribution is 7.46. The summed E-state index contributed by atoms with van der Waals surface area (Å²) >= 11 is 0. The molecule has 4 unspecified atom stereocenters. The van der Waals surface area contributed by atoms with Crippen LogP contribution in [0.1, 0.15) is 57.8 Å². The lowest BCUT2D eigenvalue weighted by atomic mass is 9.91. The normalized spacial score (nSPS) is 29.2. The Balaban J connectivity index is 2.18. The SMILES string of the molecule is NC(=O)/C=C\N(C(=O)C1CCCCCCCCC1)C1OC(COP(=O)(O)O)C(O)C1O. The van der Waals surface area contributed by atoms with Crippen molar-refractivity contribution in [3.63, 3.8) is 0 Å². The zero-order valence-electron chi connectivity index (χ0n) is 17.4. The summed E-state index contributed by atoms with van der Waals surface area (Å²) in [7, 11) is -4.82. The van der Waals surface area contributed by atoms with Gasteiger partial charge in [0.05, 0.1) is 6.61 Å². The molecule has 178 valence electrons. The maximum Gasteiger partial charge on any atom is 0.469 e. The molecule has 0 aromatic heterocycles. The molecule has 4 atom stereocenters. The van der Waals surface area contributed by atoms with Gasteiger partial charge in [-0.25, -0.2) is 4.57 Å². The number of rotatable bonds is 7. The third-order valence-corrected chi connectivity index (χ3v) is 6.11. The van der Waals surface area contributed by atoms with Crippen molar-refractivity contribution in [1.82, 2.24) is 4.90 Å². The van der Waals surface area contributed by atoms with Crippen molar-refractivity contribution >= 4 is 19.6 Å². The van der Waals surface area contributed by atoms with Crippen LogP contribution in [0.4, 0.5) is 0 Å². The van der Waals surface area contributed by atoms with Crippen LogP contribution < -0.4 is 5.73 Å². The minimum absolute atomic E-state index is 0.353. The predicted octanol–water partition coefficient (Wildman–Crippen LogP) is 0.511. The van der Waals surface area contributed by atoms with Crippen LogP contribution in [0.25, 0.3) is 0 Å². The van der Waals surface area contributed by atoms with E-state index >= 15 is 0 Å². The molecule has 2 rings (SSSR count). The molecule has 6 N–H and O–H groups in total. The molecular weight excluding hydrogens is 431 g/mol. The number of hydrogen-bond acceptors (Lipinski definition) is 7. The highest BCUT2D eigenvalue weighted by Gasteiger charge is 2.47. The van der Waals surface area contributed by atoms with Crippen LogP contribution in [0.15, 0.2) is 12.3 Å². The predicted molar refractivity (Wildman–Crippen MR) is 109 cm³/mol. The molecule has 1 heterocycles. The fraction of sp³-hybridized carbons (Fsp3) is 0.789. The Bertz CT molecular complexity index is 673. The van der Waals surface area contributed by atoms with Crippen molar-refractivity contribution in [2.24, 2.45) is 11.7 Å². The Morgan fingerprint density at radius 2 is 1.58 bits per heavy atom. The number of hydrogen-bond donors (Lipinski definition) is 5. The number of aliphatic hydroxyl groups excluding tert-OH is 2. The van der Waals surface area contributed by atoms with E-state index in [0.717, 1.165) is 55.7 Å². The Morgan fingerprint density at radius 3 is 2.10 bits per heavy atom. The molecule has 31 heavy (non-hydrogen) atoms. The largest absolute Gasteiger partial charge is 0.469 e. The lowest BCUT2D eigenvalue weighted by Gasteiger charge is -2.31. The van der Waals surface area contributed by atoms with Crippen LogP contribution in [-0.2, 0) is 23.4 Å². The Labute approximate surface area is 181 Å². The Morgan fingerprint density at radius 1 is 1.03 bits per heavy atom. The van der Waals surface area contributed by atoms with Gasteiger partial charge in [0.15, 0.2) is 6.23 Å². The van der Waals surface area contributed by atoms with Crippen LogP contribution in [-0.4, -0.2) is 67.9 Å². The second-order valence-electron chi connectivity index (χ2n) is 8.05. The first-order valence-electron chi connectivity index (χ1n) is 10.6. The number of phosphoric acid groups is 1. The number of primary amides is 1. The van der Waals surface area contributed by atoms with E-state index in [1.165, 1.54) is 6.42 Å². The number of nitrogens with zero attached hydrogens (tertiary/aromatic N) is 1. The monoisotopic (exact) mass is 464 g/mol. The van der Waals surface area contributed by atoms with Gasteiger partial charge in [-0.05, 0) is 12.8 Å². The van der Waals surface area contributed by atoms with Crippen molar-refractivity contribution in [2.75, 3.05) is 6.61 Å². The van der Waals surface area contributed by atoms with Crippen molar-refractivity contribution in [2.45, 2.75) is 82.3 Å². The molecule has 0 radical (unpaired) electrons. The van der Waals surface area contributed by atoms with E-state index in [4.69, 9.17) is 20.3 Å². The van der Waals surface area contributed by atoms with E-state index in [1.807, 2.05) is 0 Å². The first kappa shape index (κ1) is 25.9. The second-order valence-corrected chi connectivity index (χ2v) is 9.28. The summed E-state index contributed by atoms with van der Waals surface area (Å²) in [5.74, 6) is -1.53. The molecule has 2 fully saturated rings. The van der Waals surface area contributed by atoms with Gasteiger partial charge in [-0.1, -0.05) is 44.9 Å². The van der Waals surface area contributed by atoms with Gasteiger partial charge >= 0.3 is 7.82 Å². The number of ether oxygens (including phenoxy) is 1. The highest BCUT2D eigenvalue weighted by Crippen LogP contribution is 2.37. The Kier molecular flexibility index (Phi) is 10.1. The van der Waals surface area contributed by atoms with Gasteiger partial charge < -0.3 is 30.5 Å². The lowest BCUT2D eigenvalue weighted by Crippen LogP contribution is -2.46. The summed E-state index contributed by atoms with van der Waals surface area (Å²) in [5, 5.41) is 20.7. The number of phosphoric ester groups is 1. The zero-order valence-corrected chi connectivity index (χ0v) is 18.3. The molecule has 12 heteroatoms. The fourth-order valence-corrected chi connectivity index (χ4v) is 4.31. The van der Waals surface area contributed by atoms with Gasteiger partial charge in [-0.15, -0.1) is 0 Å². The van der Waals surface area contributed by atoms with Crippen LogP contribution in [0.3, 0.4) is 0 Å². The third kappa shape index (κ3) is 8.27. The summed E-state index contributed by atoms with van der Waals surface area (Å²) < 4.78 is 20.8. The van der Waals surface area contributed by atoms with Crippen LogP contribution in [0.5, 0.6) is 0 Å². The third-order valence-electron chi connectivity index (χ3n) is 5.63. The van der Waals surface area contributed by atoms with E-state index in [2.05, 4.69) is 4.52 Å². The van der Waals surface area contributed by atoms with Gasteiger partial charge in [0, 0.05) is 18.2 Å². The van der Waals surface area contributed by atoms with E-state index < -0.39 is 44.9 Å². The standard InChI is InChI=1S/C19H33N2O9P/c20-15(22)10-11-21(18(25)13-8-6-4-2-1-3-5-7-9-13)19-17(24)16(23)14(30-19)12-29-31(26,27)28/h10-11,13-14,16-17,19,23-24H,1-9,12H2,(H2,20,22)(H2,26,27,28)/b11-10-. The number of nitrogens with two attached hydrogens (primary N) is 1. The maximum absolute atomic E-state index is 13.3. The summed E-state index contributed by atoms with van der Waals surface area (Å²) in [4.78, 5) is 43.4. The molecule has 2 aliphatic rings.